The molecule has 2 unspecified atom stereocenters. The molecule has 2 atom stereocenters. The normalized spacial score (nSPS) is 27.8. The van der Waals surface area contributed by atoms with Crippen molar-refractivity contribution in [2.75, 3.05) is 26.2 Å². The maximum absolute atomic E-state index is 6.25. The first-order valence-corrected chi connectivity index (χ1v) is 8.50. The highest BCUT2D eigenvalue weighted by Crippen LogP contribution is 2.33. The third kappa shape index (κ3) is 5.01. The lowest BCUT2D eigenvalue weighted by molar-refractivity contribution is -0.0793. The van der Waals surface area contributed by atoms with Crippen LogP contribution in [0.5, 0.6) is 0 Å². The molecule has 1 heterocycles. The van der Waals surface area contributed by atoms with Gasteiger partial charge in [-0.15, -0.1) is 0 Å². The summed E-state index contributed by atoms with van der Waals surface area (Å²) in [6.45, 7) is 15.4. The zero-order valence-corrected chi connectivity index (χ0v) is 14.3. The van der Waals surface area contributed by atoms with Gasteiger partial charge in [0.05, 0.1) is 6.10 Å². The molecule has 0 aromatic carbocycles. The number of nitrogens with zero attached hydrogens (tertiary/aromatic N) is 1. The van der Waals surface area contributed by atoms with Crippen LogP contribution in [0.25, 0.3) is 0 Å². The number of ether oxygens (including phenoxy) is 1. The van der Waals surface area contributed by atoms with Crippen LogP contribution in [0, 0.1) is 11.8 Å². The average molecular weight is 284 g/mol. The van der Waals surface area contributed by atoms with Gasteiger partial charge in [0, 0.05) is 31.8 Å². The molecule has 120 valence electrons. The van der Waals surface area contributed by atoms with Gasteiger partial charge in [-0.3, -0.25) is 4.90 Å². The molecule has 1 fully saturated rings. The molecule has 1 aliphatic heterocycles. The maximum atomic E-state index is 6.25. The largest absolute Gasteiger partial charge is 0.378 e. The molecule has 0 amide bonds. The predicted molar refractivity (Wildman–Crippen MR) is 86.9 cm³/mol. The highest BCUT2D eigenvalue weighted by Gasteiger charge is 2.40. The Hall–Kier alpha value is -0.120. The summed E-state index contributed by atoms with van der Waals surface area (Å²) in [7, 11) is 0. The zero-order valence-electron chi connectivity index (χ0n) is 14.3. The predicted octanol–water partition coefficient (Wildman–Crippen LogP) is 3.28. The molecule has 0 spiro atoms. The van der Waals surface area contributed by atoms with Crippen molar-refractivity contribution in [2.24, 2.45) is 17.6 Å². The first-order valence-electron chi connectivity index (χ1n) is 8.50. The Morgan fingerprint density at radius 3 is 2.25 bits per heavy atom. The summed E-state index contributed by atoms with van der Waals surface area (Å²) in [6, 6.07) is 0. The van der Waals surface area contributed by atoms with Crippen molar-refractivity contribution < 1.29 is 4.74 Å². The number of hydrogen-bond donors (Lipinski definition) is 1. The molecular weight excluding hydrogens is 248 g/mol. The molecule has 0 bridgehead atoms. The van der Waals surface area contributed by atoms with E-state index in [9.17, 15) is 0 Å². The second-order valence-corrected chi connectivity index (χ2v) is 7.36. The molecule has 1 rings (SSSR count). The lowest BCUT2D eigenvalue weighted by atomic mass is 9.82. The van der Waals surface area contributed by atoms with Gasteiger partial charge in [0.15, 0.2) is 0 Å². The fraction of sp³-hybridized carbons (Fsp3) is 1.00. The second-order valence-electron chi connectivity index (χ2n) is 7.36. The summed E-state index contributed by atoms with van der Waals surface area (Å²) in [5.41, 5.74) is 6.41. The van der Waals surface area contributed by atoms with Crippen LogP contribution in [0.3, 0.4) is 0 Å². The van der Waals surface area contributed by atoms with Gasteiger partial charge in [-0.05, 0) is 31.1 Å². The van der Waals surface area contributed by atoms with E-state index in [2.05, 4.69) is 39.5 Å². The van der Waals surface area contributed by atoms with Crippen molar-refractivity contribution in [3.63, 3.8) is 0 Å². The van der Waals surface area contributed by atoms with E-state index in [-0.39, 0.29) is 5.54 Å². The van der Waals surface area contributed by atoms with Crippen molar-refractivity contribution in [3.05, 3.63) is 0 Å². The topological polar surface area (TPSA) is 38.5 Å². The maximum Gasteiger partial charge on any atom is 0.0593 e. The molecule has 2 N–H and O–H groups in total. The summed E-state index contributed by atoms with van der Waals surface area (Å²) in [4.78, 5) is 2.67. The van der Waals surface area contributed by atoms with Crippen LogP contribution < -0.4 is 5.73 Å². The number of rotatable bonds is 8. The second kappa shape index (κ2) is 8.35. The highest BCUT2D eigenvalue weighted by molar-refractivity contribution is 4.97. The van der Waals surface area contributed by atoms with Crippen molar-refractivity contribution in [1.29, 1.82) is 0 Å². The highest BCUT2D eigenvalue weighted by atomic mass is 16.5. The Kier molecular flexibility index (Phi) is 7.49. The summed E-state index contributed by atoms with van der Waals surface area (Å²) in [5.74, 6) is 1.37. The van der Waals surface area contributed by atoms with Gasteiger partial charge in [-0.1, -0.05) is 41.0 Å². The monoisotopic (exact) mass is 284 g/mol. The molecule has 3 nitrogen and oxygen atoms in total. The van der Waals surface area contributed by atoms with Gasteiger partial charge in [-0.25, -0.2) is 0 Å². The zero-order chi connectivity index (χ0) is 15.2. The van der Waals surface area contributed by atoms with Crippen LogP contribution in [0.15, 0.2) is 0 Å². The van der Waals surface area contributed by atoms with Gasteiger partial charge in [0.1, 0.15) is 0 Å². The standard InChI is InChI=1S/C17H36N2O/c1-6-7-16-10-17(13-18,8-9-20-16)19(11-14(2)3)12-15(4)5/h14-16H,6-13,18H2,1-5H3. The summed E-state index contributed by atoms with van der Waals surface area (Å²) < 4.78 is 5.95. The number of hydrogen-bond acceptors (Lipinski definition) is 3. The molecular formula is C17H36N2O. The summed E-state index contributed by atoms with van der Waals surface area (Å²) in [6.07, 6.45) is 4.96. The van der Waals surface area contributed by atoms with Gasteiger partial charge in [-0.2, -0.15) is 0 Å². The molecule has 1 saturated heterocycles. The van der Waals surface area contributed by atoms with Crippen LogP contribution in [0.4, 0.5) is 0 Å². The van der Waals surface area contributed by atoms with E-state index in [1.54, 1.807) is 0 Å². The third-order valence-electron chi connectivity index (χ3n) is 4.36. The van der Waals surface area contributed by atoms with Crippen molar-refractivity contribution in [3.8, 4) is 0 Å². The lowest BCUT2D eigenvalue weighted by Gasteiger charge is -2.49. The molecule has 1 aliphatic rings. The summed E-state index contributed by atoms with van der Waals surface area (Å²) >= 11 is 0. The van der Waals surface area contributed by atoms with E-state index in [1.807, 2.05) is 0 Å². The van der Waals surface area contributed by atoms with E-state index >= 15 is 0 Å². The van der Waals surface area contributed by atoms with Crippen LogP contribution >= 0.6 is 0 Å². The Balaban J connectivity index is 2.84. The van der Waals surface area contributed by atoms with E-state index < -0.39 is 0 Å². The first kappa shape index (κ1) is 17.9. The molecule has 0 aromatic rings. The van der Waals surface area contributed by atoms with Crippen molar-refractivity contribution >= 4 is 0 Å². The minimum atomic E-state index is 0.159. The molecule has 0 saturated carbocycles. The van der Waals surface area contributed by atoms with Gasteiger partial charge in [0.2, 0.25) is 0 Å². The van der Waals surface area contributed by atoms with E-state index in [4.69, 9.17) is 10.5 Å². The third-order valence-corrected chi connectivity index (χ3v) is 4.36. The minimum absolute atomic E-state index is 0.159. The molecule has 0 aromatic heterocycles. The van der Waals surface area contributed by atoms with Gasteiger partial charge < -0.3 is 10.5 Å². The van der Waals surface area contributed by atoms with E-state index in [0.717, 1.165) is 39.1 Å². The van der Waals surface area contributed by atoms with Crippen molar-refractivity contribution in [2.45, 2.75) is 71.9 Å². The summed E-state index contributed by atoms with van der Waals surface area (Å²) in [5, 5.41) is 0. The Morgan fingerprint density at radius 1 is 1.20 bits per heavy atom. The molecule has 0 aliphatic carbocycles. The fourth-order valence-electron chi connectivity index (χ4n) is 3.45. The SMILES string of the molecule is CCCC1CC(CN)(N(CC(C)C)CC(C)C)CCO1. The Bertz CT molecular complexity index is 256. The van der Waals surface area contributed by atoms with Crippen molar-refractivity contribution in [1.82, 2.24) is 4.90 Å². The minimum Gasteiger partial charge on any atom is -0.378 e. The Morgan fingerprint density at radius 2 is 1.80 bits per heavy atom. The van der Waals surface area contributed by atoms with E-state index in [0.29, 0.717) is 17.9 Å². The average Bonchev–Trinajstić information content (AvgIpc) is 2.37. The molecule has 0 radical (unpaired) electrons. The van der Waals surface area contributed by atoms with Gasteiger partial charge >= 0.3 is 0 Å². The Labute approximate surface area is 126 Å². The molecule has 3 heteroatoms. The lowest BCUT2D eigenvalue weighted by Crippen LogP contribution is -2.60. The quantitative estimate of drug-likeness (QED) is 0.743. The fourth-order valence-corrected chi connectivity index (χ4v) is 3.45. The number of nitrogens with two attached hydrogens (primary N) is 1. The van der Waals surface area contributed by atoms with Crippen LogP contribution in [0.2, 0.25) is 0 Å². The van der Waals surface area contributed by atoms with E-state index in [1.165, 1.54) is 12.8 Å². The van der Waals surface area contributed by atoms with Crippen LogP contribution in [-0.2, 0) is 4.74 Å². The van der Waals surface area contributed by atoms with Crippen LogP contribution in [0.1, 0.15) is 60.3 Å². The van der Waals surface area contributed by atoms with Crippen LogP contribution in [-0.4, -0.2) is 42.8 Å². The van der Waals surface area contributed by atoms with Gasteiger partial charge in [0.25, 0.3) is 0 Å². The first-order chi connectivity index (χ1) is 9.43. The smallest absolute Gasteiger partial charge is 0.0593 e. The molecule has 20 heavy (non-hydrogen) atoms.